The lowest BCUT2D eigenvalue weighted by Gasteiger charge is -2.12. The van der Waals surface area contributed by atoms with E-state index in [9.17, 15) is 4.79 Å². The Balaban J connectivity index is 1.98. The van der Waals surface area contributed by atoms with Gasteiger partial charge < -0.3 is 5.32 Å². The average Bonchev–Trinajstić information content (AvgIpc) is 3.11. The summed E-state index contributed by atoms with van der Waals surface area (Å²) in [5, 5.41) is 12.2. The third-order valence-electron chi connectivity index (χ3n) is 4.19. The average molecular weight is 379 g/mol. The molecule has 1 amide bonds. The summed E-state index contributed by atoms with van der Waals surface area (Å²) < 4.78 is 2.01. The van der Waals surface area contributed by atoms with E-state index >= 15 is 0 Å². The molecule has 0 saturated carbocycles. The molecule has 3 aromatic rings. The van der Waals surface area contributed by atoms with Crippen LogP contribution in [-0.4, -0.2) is 33.0 Å². The van der Waals surface area contributed by atoms with Crippen molar-refractivity contribution >= 4 is 17.7 Å². The van der Waals surface area contributed by atoms with Gasteiger partial charge in [-0.3, -0.25) is 9.36 Å². The van der Waals surface area contributed by atoms with E-state index in [1.54, 1.807) is 6.08 Å². The van der Waals surface area contributed by atoms with E-state index < -0.39 is 0 Å². The summed E-state index contributed by atoms with van der Waals surface area (Å²) in [7, 11) is 0. The maximum Gasteiger partial charge on any atom is 0.230 e. The van der Waals surface area contributed by atoms with E-state index in [0.29, 0.717) is 11.7 Å². The molecule has 1 heterocycles. The normalized spacial score (nSPS) is 10.6. The van der Waals surface area contributed by atoms with Gasteiger partial charge in [-0.1, -0.05) is 54.2 Å². The molecule has 0 fully saturated rings. The van der Waals surface area contributed by atoms with Crippen molar-refractivity contribution in [3.05, 3.63) is 72.3 Å². The zero-order valence-corrected chi connectivity index (χ0v) is 16.3. The Bertz CT molecular complexity index is 950. The monoisotopic (exact) mass is 378 g/mol. The lowest BCUT2D eigenvalue weighted by molar-refractivity contribution is -0.118. The highest BCUT2D eigenvalue weighted by Crippen LogP contribution is 2.28. The summed E-state index contributed by atoms with van der Waals surface area (Å²) in [5.41, 5.74) is 4.38. The highest BCUT2D eigenvalue weighted by atomic mass is 32.2. The second kappa shape index (κ2) is 8.68. The van der Waals surface area contributed by atoms with Gasteiger partial charge >= 0.3 is 0 Å². The molecular formula is C21H22N4OS. The number of hydrogen-bond acceptors (Lipinski definition) is 4. The van der Waals surface area contributed by atoms with Crippen molar-refractivity contribution in [1.29, 1.82) is 0 Å². The number of thioether (sulfide) groups is 1. The number of rotatable bonds is 7. The van der Waals surface area contributed by atoms with Crippen LogP contribution in [0.15, 0.2) is 66.3 Å². The minimum Gasteiger partial charge on any atom is -0.352 e. The van der Waals surface area contributed by atoms with E-state index in [1.165, 1.54) is 22.9 Å². The van der Waals surface area contributed by atoms with Gasteiger partial charge in [0.25, 0.3) is 0 Å². The van der Waals surface area contributed by atoms with Crippen LogP contribution in [0.1, 0.15) is 11.1 Å². The van der Waals surface area contributed by atoms with Crippen molar-refractivity contribution in [2.45, 2.75) is 19.0 Å². The van der Waals surface area contributed by atoms with E-state index in [2.05, 4.69) is 54.1 Å². The number of nitrogens with one attached hydrogen (secondary N) is 1. The van der Waals surface area contributed by atoms with Crippen LogP contribution in [-0.2, 0) is 4.79 Å². The van der Waals surface area contributed by atoms with E-state index in [1.807, 2.05) is 34.9 Å². The minimum absolute atomic E-state index is 0.0594. The Hall–Kier alpha value is -2.86. The first-order valence-corrected chi connectivity index (χ1v) is 9.67. The van der Waals surface area contributed by atoms with Gasteiger partial charge in [0.1, 0.15) is 0 Å². The molecule has 138 valence electrons. The van der Waals surface area contributed by atoms with Crippen LogP contribution in [0.25, 0.3) is 17.1 Å². The van der Waals surface area contributed by atoms with Crippen molar-refractivity contribution in [1.82, 2.24) is 20.1 Å². The molecule has 0 aliphatic heterocycles. The summed E-state index contributed by atoms with van der Waals surface area (Å²) in [5.74, 6) is 0.967. The first-order valence-electron chi connectivity index (χ1n) is 8.69. The van der Waals surface area contributed by atoms with Crippen LogP contribution in [0, 0.1) is 13.8 Å². The summed E-state index contributed by atoms with van der Waals surface area (Å²) in [4.78, 5) is 12.0. The highest BCUT2D eigenvalue weighted by molar-refractivity contribution is 7.99. The first-order chi connectivity index (χ1) is 13.1. The van der Waals surface area contributed by atoms with Crippen LogP contribution < -0.4 is 5.32 Å². The van der Waals surface area contributed by atoms with Crippen LogP contribution >= 0.6 is 11.8 Å². The molecule has 3 rings (SSSR count). The van der Waals surface area contributed by atoms with Crippen molar-refractivity contribution in [3.8, 4) is 17.1 Å². The molecule has 0 saturated heterocycles. The number of carbonyl (C=O) groups excluding carboxylic acids is 1. The summed E-state index contributed by atoms with van der Waals surface area (Å²) in [6, 6.07) is 16.2. The van der Waals surface area contributed by atoms with Gasteiger partial charge in [0.05, 0.1) is 11.4 Å². The first kappa shape index (κ1) is 18.9. The largest absolute Gasteiger partial charge is 0.352 e. The van der Waals surface area contributed by atoms with E-state index in [4.69, 9.17) is 0 Å². The van der Waals surface area contributed by atoms with Gasteiger partial charge in [-0.05, 0) is 37.1 Å². The second-order valence-electron chi connectivity index (χ2n) is 6.16. The maximum absolute atomic E-state index is 12.0. The molecule has 1 aromatic heterocycles. The van der Waals surface area contributed by atoms with Gasteiger partial charge in [0.15, 0.2) is 11.0 Å². The van der Waals surface area contributed by atoms with Crippen LogP contribution in [0.2, 0.25) is 0 Å². The van der Waals surface area contributed by atoms with Crippen molar-refractivity contribution in [2.75, 3.05) is 12.3 Å². The van der Waals surface area contributed by atoms with Crippen LogP contribution in [0.5, 0.6) is 0 Å². The SMILES string of the molecule is C=CCNC(=O)CSc1nnc(-c2ccccc2)n1-c1ccc(C)c(C)c1. The second-order valence-corrected chi connectivity index (χ2v) is 7.10. The predicted molar refractivity (Wildman–Crippen MR) is 110 cm³/mol. The molecule has 0 radical (unpaired) electrons. The molecule has 0 unspecified atom stereocenters. The topological polar surface area (TPSA) is 59.8 Å². The quantitative estimate of drug-likeness (QED) is 0.500. The van der Waals surface area contributed by atoms with Crippen molar-refractivity contribution in [3.63, 3.8) is 0 Å². The number of aromatic nitrogens is 3. The van der Waals surface area contributed by atoms with Gasteiger partial charge in [-0.15, -0.1) is 16.8 Å². The van der Waals surface area contributed by atoms with Crippen LogP contribution in [0.3, 0.4) is 0 Å². The zero-order chi connectivity index (χ0) is 19.2. The number of amides is 1. The Kier molecular flexibility index (Phi) is 6.08. The van der Waals surface area contributed by atoms with E-state index in [-0.39, 0.29) is 11.7 Å². The lowest BCUT2D eigenvalue weighted by Crippen LogP contribution is -2.25. The lowest BCUT2D eigenvalue weighted by atomic mass is 10.1. The van der Waals surface area contributed by atoms with Gasteiger partial charge in [0.2, 0.25) is 5.91 Å². The molecule has 2 aromatic carbocycles. The smallest absolute Gasteiger partial charge is 0.230 e. The summed E-state index contributed by atoms with van der Waals surface area (Å²) in [6.45, 7) is 8.24. The Morgan fingerprint density at radius 2 is 1.93 bits per heavy atom. The molecule has 27 heavy (non-hydrogen) atoms. The third kappa shape index (κ3) is 4.46. The number of hydrogen-bond donors (Lipinski definition) is 1. The van der Waals surface area contributed by atoms with Gasteiger partial charge in [0, 0.05) is 12.1 Å². The fraction of sp³-hybridized carbons (Fsp3) is 0.190. The highest BCUT2D eigenvalue weighted by Gasteiger charge is 2.17. The Morgan fingerprint density at radius 1 is 1.15 bits per heavy atom. The zero-order valence-electron chi connectivity index (χ0n) is 15.5. The molecule has 0 aliphatic rings. The van der Waals surface area contributed by atoms with Crippen LogP contribution in [0.4, 0.5) is 0 Å². The molecule has 0 bridgehead atoms. The Morgan fingerprint density at radius 3 is 2.63 bits per heavy atom. The number of aryl methyl sites for hydroxylation is 2. The third-order valence-corrected chi connectivity index (χ3v) is 5.12. The molecule has 0 spiro atoms. The maximum atomic E-state index is 12.0. The predicted octanol–water partition coefficient (Wildman–Crippen LogP) is 3.95. The number of nitrogens with zero attached hydrogens (tertiary/aromatic N) is 3. The van der Waals surface area contributed by atoms with Crippen molar-refractivity contribution < 1.29 is 4.79 Å². The van der Waals surface area contributed by atoms with Gasteiger partial charge in [-0.2, -0.15) is 0 Å². The molecule has 0 atom stereocenters. The number of benzene rings is 2. The fourth-order valence-electron chi connectivity index (χ4n) is 2.60. The Labute approximate surface area is 163 Å². The van der Waals surface area contributed by atoms with Crippen molar-refractivity contribution in [2.24, 2.45) is 0 Å². The molecule has 1 N–H and O–H groups in total. The van der Waals surface area contributed by atoms with E-state index in [0.717, 1.165) is 17.1 Å². The molecule has 0 aliphatic carbocycles. The van der Waals surface area contributed by atoms with Gasteiger partial charge in [-0.25, -0.2) is 0 Å². The molecule has 5 nitrogen and oxygen atoms in total. The minimum atomic E-state index is -0.0594. The standard InChI is InChI=1S/C21H22N4OS/c1-4-12-22-19(26)14-27-21-24-23-20(17-8-6-5-7-9-17)25(21)18-11-10-15(2)16(3)13-18/h4-11,13H,1,12,14H2,2-3H3,(H,22,26). The number of carbonyl (C=O) groups is 1. The molecular weight excluding hydrogens is 356 g/mol. The summed E-state index contributed by atoms with van der Waals surface area (Å²) in [6.07, 6.45) is 1.66. The fourth-order valence-corrected chi connectivity index (χ4v) is 3.38. The summed E-state index contributed by atoms with van der Waals surface area (Å²) >= 11 is 1.37. The molecule has 6 heteroatoms.